The van der Waals surface area contributed by atoms with E-state index < -0.39 is 5.91 Å². The van der Waals surface area contributed by atoms with Crippen molar-refractivity contribution in [1.29, 1.82) is 0 Å². The third-order valence-electron chi connectivity index (χ3n) is 5.00. The molecule has 0 radical (unpaired) electrons. The summed E-state index contributed by atoms with van der Waals surface area (Å²) in [5, 5.41) is 14.3. The van der Waals surface area contributed by atoms with Gasteiger partial charge >= 0.3 is 0 Å². The Balaban J connectivity index is 1.60. The fourth-order valence-electron chi connectivity index (χ4n) is 3.47. The first kappa shape index (κ1) is 19.6. The van der Waals surface area contributed by atoms with Crippen LogP contribution >= 0.6 is 0 Å². The number of benzene rings is 1. The Kier molecular flexibility index (Phi) is 5.75. The quantitative estimate of drug-likeness (QED) is 0.480. The van der Waals surface area contributed by atoms with Crippen LogP contribution in [0.15, 0.2) is 42.7 Å². The van der Waals surface area contributed by atoms with Crippen LogP contribution in [0.3, 0.4) is 0 Å². The van der Waals surface area contributed by atoms with Gasteiger partial charge in [-0.3, -0.25) is 4.79 Å². The van der Waals surface area contributed by atoms with Gasteiger partial charge in [-0.1, -0.05) is 25.0 Å². The molecule has 1 saturated carbocycles. The van der Waals surface area contributed by atoms with Crippen molar-refractivity contribution in [2.24, 2.45) is 11.5 Å². The molecule has 6 N–H and O–H groups in total. The molecule has 1 amide bonds. The number of nitrogens with zero attached hydrogens (tertiary/aromatic N) is 5. The molecule has 3 aromatic rings. The number of hydrogen-bond acceptors (Lipinski definition) is 9. The number of aromatic nitrogens is 5. The molecule has 2 heterocycles. The number of nitrogens with one attached hydrogen (secondary N) is 2. The van der Waals surface area contributed by atoms with Gasteiger partial charge in [0.1, 0.15) is 0 Å². The summed E-state index contributed by atoms with van der Waals surface area (Å²) >= 11 is 0. The van der Waals surface area contributed by atoms with Gasteiger partial charge < -0.3 is 22.1 Å². The van der Waals surface area contributed by atoms with Crippen molar-refractivity contribution < 1.29 is 4.79 Å². The van der Waals surface area contributed by atoms with Crippen molar-refractivity contribution in [3.63, 3.8) is 0 Å². The van der Waals surface area contributed by atoms with Crippen molar-refractivity contribution in [3.05, 3.63) is 48.4 Å². The van der Waals surface area contributed by atoms with Crippen molar-refractivity contribution in [1.82, 2.24) is 25.1 Å². The van der Waals surface area contributed by atoms with Gasteiger partial charge in [-0.15, -0.1) is 10.2 Å². The summed E-state index contributed by atoms with van der Waals surface area (Å²) in [6, 6.07) is 9.28. The van der Waals surface area contributed by atoms with Gasteiger partial charge in [0.05, 0.1) is 0 Å². The molecule has 0 unspecified atom stereocenters. The van der Waals surface area contributed by atoms with Crippen LogP contribution < -0.4 is 22.1 Å². The zero-order valence-corrected chi connectivity index (χ0v) is 16.3. The number of hydrogen-bond donors (Lipinski definition) is 4. The van der Waals surface area contributed by atoms with Crippen LogP contribution in [0.4, 0.5) is 17.5 Å². The van der Waals surface area contributed by atoms with Gasteiger partial charge in [-0.05, 0) is 31.0 Å². The number of carbonyl (C=O) groups is 1. The smallest absolute Gasteiger partial charge is 0.273 e. The molecule has 4 rings (SSSR count). The maximum atomic E-state index is 11.8. The summed E-state index contributed by atoms with van der Waals surface area (Å²) in [7, 11) is 0. The zero-order valence-electron chi connectivity index (χ0n) is 16.3. The Bertz CT molecular complexity index is 1030. The summed E-state index contributed by atoms with van der Waals surface area (Å²) in [4.78, 5) is 24.8. The molecule has 1 fully saturated rings. The number of amides is 1. The second kappa shape index (κ2) is 8.78. The molecular weight excluding hydrogens is 382 g/mol. The van der Waals surface area contributed by atoms with Gasteiger partial charge in [0.25, 0.3) is 5.91 Å². The van der Waals surface area contributed by atoms with Gasteiger partial charge in [-0.25, -0.2) is 9.97 Å². The molecule has 10 heteroatoms. The fourth-order valence-corrected chi connectivity index (χ4v) is 3.47. The second-order valence-corrected chi connectivity index (χ2v) is 7.17. The Hall–Kier alpha value is -3.66. The largest absolute Gasteiger partial charge is 0.364 e. The lowest BCUT2D eigenvalue weighted by atomic mass is 9.91. The molecule has 154 valence electrons. The van der Waals surface area contributed by atoms with E-state index in [0.717, 1.165) is 31.2 Å². The lowest BCUT2D eigenvalue weighted by molar-refractivity contribution is 0.0995. The Morgan fingerprint density at radius 1 is 1.07 bits per heavy atom. The standard InChI is InChI=1S/C20H23N9O/c21-14-7-1-2-8-15(14)26-20-27-19(16(17(22)30)28-29-20)25-13-6-3-5-12(11-13)18-23-9-4-10-24-18/h3-6,9-11,14-15H,1-2,7-8,21H2,(H2,22,30)(H2,25,26,27,29)/t14-,15+/m0/s1. The first-order valence-corrected chi connectivity index (χ1v) is 9.81. The fraction of sp³-hybridized carbons (Fsp3) is 0.300. The summed E-state index contributed by atoms with van der Waals surface area (Å²) in [6.07, 6.45) is 7.45. The van der Waals surface area contributed by atoms with Gasteiger partial charge in [0, 0.05) is 35.7 Å². The van der Waals surface area contributed by atoms with Crippen molar-refractivity contribution >= 4 is 23.4 Å². The van der Waals surface area contributed by atoms with E-state index in [-0.39, 0.29) is 23.6 Å². The highest BCUT2D eigenvalue weighted by atomic mass is 16.1. The summed E-state index contributed by atoms with van der Waals surface area (Å²) in [5.41, 5.74) is 13.1. The minimum Gasteiger partial charge on any atom is -0.364 e. The van der Waals surface area contributed by atoms with E-state index in [1.807, 2.05) is 24.3 Å². The number of nitrogens with two attached hydrogens (primary N) is 2. The van der Waals surface area contributed by atoms with E-state index in [9.17, 15) is 4.79 Å². The van der Waals surface area contributed by atoms with Crippen LogP contribution in [0.25, 0.3) is 11.4 Å². The molecule has 1 aliphatic rings. The predicted octanol–water partition coefficient (Wildman–Crippen LogP) is 1.85. The average Bonchev–Trinajstić information content (AvgIpc) is 2.76. The molecule has 1 aliphatic carbocycles. The van der Waals surface area contributed by atoms with E-state index in [4.69, 9.17) is 11.5 Å². The van der Waals surface area contributed by atoms with E-state index in [1.54, 1.807) is 18.5 Å². The van der Waals surface area contributed by atoms with Gasteiger partial charge in [0.2, 0.25) is 5.95 Å². The highest BCUT2D eigenvalue weighted by Gasteiger charge is 2.23. The van der Waals surface area contributed by atoms with Crippen molar-refractivity contribution in [3.8, 4) is 11.4 Å². The molecular formula is C20H23N9O. The highest BCUT2D eigenvalue weighted by molar-refractivity contribution is 5.96. The molecule has 30 heavy (non-hydrogen) atoms. The normalized spacial score (nSPS) is 18.6. The summed E-state index contributed by atoms with van der Waals surface area (Å²) < 4.78 is 0. The number of primary amides is 1. The first-order valence-electron chi connectivity index (χ1n) is 9.81. The summed E-state index contributed by atoms with van der Waals surface area (Å²) in [6.45, 7) is 0. The number of anilines is 3. The second-order valence-electron chi connectivity index (χ2n) is 7.17. The van der Waals surface area contributed by atoms with E-state index in [0.29, 0.717) is 17.5 Å². The number of rotatable bonds is 6. The first-order chi connectivity index (χ1) is 14.6. The van der Waals surface area contributed by atoms with E-state index in [2.05, 4.69) is 35.8 Å². The maximum absolute atomic E-state index is 11.8. The molecule has 2 atom stereocenters. The van der Waals surface area contributed by atoms with Crippen LogP contribution in [-0.2, 0) is 0 Å². The Morgan fingerprint density at radius 3 is 2.63 bits per heavy atom. The molecule has 0 spiro atoms. The Morgan fingerprint density at radius 2 is 1.87 bits per heavy atom. The zero-order chi connectivity index (χ0) is 20.9. The molecule has 0 aliphatic heterocycles. The topological polar surface area (TPSA) is 158 Å². The predicted molar refractivity (Wildman–Crippen MR) is 113 cm³/mol. The van der Waals surface area contributed by atoms with E-state index >= 15 is 0 Å². The monoisotopic (exact) mass is 405 g/mol. The minimum absolute atomic E-state index is 0.0251. The van der Waals surface area contributed by atoms with Gasteiger partial charge in [-0.2, -0.15) is 4.98 Å². The van der Waals surface area contributed by atoms with Gasteiger partial charge in [0.15, 0.2) is 17.3 Å². The molecule has 0 bridgehead atoms. The van der Waals surface area contributed by atoms with Crippen LogP contribution in [0, 0.1) is 0 Å². The minimum atomic E-state index is -0.721. The van der Waals surface area contributed by atoms with Crippen molar-refractivity contribution in [2.45, 2.75) is 37.8 Å². The van der Waals surface area contributed by atoms with E-state index in [1.165, 1.54) is 0 Å². The molecule has 2 aromatic heterocycles. The third kappa shape index (κ3) is 4.49. The van der Waals surface area contributed by atoms with Crippen LogP contribution in [0.5, 0.6) is 0 Å². The van der Waals surface area contributed by atoms with Crippen LogP contribution in [0.2, 0.25) is 0 Å². The van der Waals surface area contributed by atoms with Crippen LogP contribution in [0.1, 0.15) is 36.2 Å². The average molecular weight is 405 g/mol. The van der Waals surface area contributed by atoms with Crippen LogP contribution in [-0.4, -0.2) is 43.1 Å². The summed E-state index contributed by atoms with van der Waals surface area (Å²) in [5.74, 6) is 0.384. The third-order valence-corrected chi connectivity index (χ3v) is 5.00. The van der Waals surface area contributed by atoms with Crippen molar-refractivity contribution in [2.75, 3.05) is 10.6 Å². The maximum Gasteiger partial charge on any atom is 0.273 e. The SMILES string of the molecule is NC(=O)c1nnc(N[C@@H]2CCCC[C@@H]2N)nc1Nc1cccc(-c2ncccn2)c1. The molecule has 1 aromatic carbocycles. The molecule has 0 saturated heterocycles. The lowest BCUT2D eigenvalue weighted by Gasteiger charge is -2.29. The lowest BCUT2D eigenvalue weighted by Crippen LogP contribution is -2.43. The number of carbonyl (C=O) groups excluding carboxylic acids is 1. The highest BCUT2D eigenvalue weighted by Crippen LogP contribution is 2.24. The Labute approximate surface area is 173 Å². The molecule has 10 nitrogen and oxygen atoms in total.